The summed E-state index contributed by atoms with van der Waals surface area (Å²) in [6.07, 6.45) is 4.53. The lowest BCUT2D eigenvalue weighted by molar-refractivity contribution is -0.125. The first-order chi connectivity index (χ1) is 28.5. The van der Waals surface area contributed by atoms with Crippen LogP contribution in [0.5, 0.6) is 0 Å². The Bertz CT molecular complexity index is 2170. The summed E-state index contributed by atoms with van der Waals surface area (Å²) in [5.74, 6) is -0.132. The van der Waals surface area contributed by atoms with Crippen molar-refractivity contribution < 1.29 is 44.4 Å². The predicted octanol–water partition coefficient (Wildman–Crippen LogP) is 4.54. The van der Waals surface area contributed by atoms with Gasteiger partial charge < -0.3 is 35.4 Å². The summed E-state index contributed by atoms with van der Waals surface area (Å²) in [4.78, 5) is 41.9. The number of nitrogens with two attached hydrogens (primary N) is 1. The molecule has 5 N–H and O–H groups in total. The number of halogens is 3. The van der Waals surface area contributed by atoms with Crippen LogP contribution in [-0.4, -0.2) is 126 Å². The number of likely N-dealkylation sites (N-methyl/N-ethyl adjacent to an activating group) is 1. The number of piperazine rings is 1. The Balaban J connectivity index is 1.10. The zero-order valence-corrected chi connectivity index (χ0v) is 35.8. The molecule has 2 heterocycles. The molecule has 3 aromatic carbocycles. The van der Waals surface area contributed by atoms with E-state index in [4.69, 9.17) is 5.14 Å². The Labute approximate surface area is 353 Å². The Morgan fingerprint density at radius 1 is 0.900 bits per heavy atom. The van der Waals surface area contributed by atoms with E-state index in [0.29, 0.717) is 36.9 Å². The number of hydrogen-bond donors (Lipinski definition) is 4. The monoisotopic (exact) mass is 895 g/mol. The van der Waals surface area contributed by atoms with Crippen LogP contribution in [0.25, 0.3) is 0 Å². The second-order valence-electron chi connectivity index (χ2n) is 14.7. The Morgan fingerprint density at radius 3 is 2.25 bits per heavy atom. The molecular weight excluding hydrogens is 844 g/mol. The summed E-state index contributed by atoms with van der Waals surface area (Å²) in [5.41, 5.74) is -3.77. The summed E-state index contributed by atoms with van der Waals surface area (Å²) >= 11 is 1.46. The Hall–Kier alpha value is -4.21. The summed E-state index contributed by atoms with van der Waals surface area (Å²) in [6.45, 7) is 5.74. The Kier molecular flexibility index (Phi) is 16.4. The Morgan fingerprint density at radius 2 is 1.60 bits per heavy atom. The molecule has 14 nitrogen and oxygen atoms in total. The number of benzene rings is 3. The van der Waals surface area contributed by atoms with Crippen LogP contribution >= 0.6 is 11.8 Å². The number of carbonyl (C=O) groups is 3. The van der Waals surface area contributed by atoms with E-state index in [1.165, 1.54) is 23.7 Å². The average Bonchev–Trinajstić information content (AvgIpc) is 3.56. The van der Waals surface area contributed by atoms with Gasteiger partial charge in [0.1, 0.15) is 17.2 Å². The molecule has 2 aliphatic rings. The SMILES string of the molecule is CNC(=O)C(CCC=O)N1Cc2c(NCCCCCN3CCN(CCC(CSc4ccccc4)Nc4ccc(S(N)(=O)=O)cc4S(=O)(=O)C(F)(F)F)CC3)cccc2C1=O. The summed E-state index contributed by atoms with van der Waals surface area (Å²) < 4.78 is 90.4. The number of unbranched alkanes of at least 4 members (excludes halogenated alkanes) is 2. The minimum absolute atomic E-state index is 0.176. The van der Waals surface area contributed by atoms with Crippen LogP contribution in [0.3, 0.4) is 0 Å². The number of primary sulfonamides is 1. The molecule has 20 heteroatoms. The second-order valence-corrected chi connectivity index (χ2v) is 19.3. The van der Waals surface area contributed by atoms with Crippen LogP contribution < -0.4 is 21.1 Å². The van der Waals surface area contributed by atoms with Gasteiger partial charge in [-0.2, -0.15) is 13.2 Å². The molecule has 2 aliphatic heterocycles. The minimum Gasteiger partial charge on any atom is -0.385 e. The van der Waals surface area contributed by atoms with Gasteiger partial charge in [0.05, 0.1) is 10.6 Å². The van der Waals surface area contributed by atoms with Gasteiger partial charge in [-0.05, 0) is 74.7 Å². The molecule has 1 saturated heterocycles. The number of nitrogens with zero attached hydrogens (tertiary/aromatic N) is 3. The molecule has 2 atom stereocenters. The normalized spacial score (nSPS) is 16.3. The second kappa shape index (κ2) is 21.0. The fourth-order valence-electron chi connectivity index (χ4n) is 7.30. The maximum absolute atomic E-state index is 13.7. The molecule has 2 amide bonds. The lowest BCUT2D eigenvalue weighted by Crippen LogP contribution is -2.47. The van der Waals surface area contributed by atoms with Crippen molar-refractivity contribution in [1.82, 2.24) is 20.0 Å². The molecule has 0 aromatic heterocycles. The molecule has 0 aliphatic carbocycles. The fraction of sp³-hybridized carbons (Fsp3) is 0.475. The smallest absolute Gasteiger partial charge is 0.385 e. The third-order valence-corrected chi connectivity index (χ3v) is 14.2. The van der Waals surface area contributed by atoms with Crippen LogP contribution in [0.1, 0.15) is 54.4 Å². The lowest BCUT2D eigenvalue weighted by atomic mass is 10.1. The highest BCUT2D eigenvalue weighted by molar-refractivity contribution is 7.99. The highest BCUT2D eigenvalue weighted by Crippen LogP contribution is 2.37. The minimum atomic E-state index is -5.93. The number of sulfone groups is 1. The first kappa shape index (κ1) is 46.8. The van der Waals surface area contributed by atoms with Crippen molar-refractivity contribution in [1.29, 1.82) is 0 Å². The number of thioether (sulfide) groups is 1. The molecule has 328 valence electrons. The first-order valence-corrected chi connectivity index (χ1v) is 23.7. The highest BCUT2D eigenvalue weighted by Gasteiger charge is 2.48. The number of anilines is 2. The molecule has 0 bridgehead atoms. The van der Waals surface area contributed by atoms with Crippen molar-refractivity contribution >= 4 is 61.1 Å². The van der Waals surface area contributed by atoms with Crippen LogP contribution in [-0.2, 0) is 36.0 Å². The number of aldehydes is 1. The predicted molar refractivity (Wildman–Crippen MR) is 225 cm³/mol. The van der Waals surface area contributed by atoms with Gasteiger partial charge in [0.25, 0.3) is 15.7 Å². The van der Waals surface area contributed by atoms with Crippen molar-refractivity contribution in [2.24, 2.45) is 5.14 Å². The molecular formula is C40H52F3N7O7S3. The van der Waals surface area contributed by atoms with Gasteiger partial charge in [0, 0.05) is 92.8 Å². The topological polar surface area (TPSA) is 191 Å². The van der Waals surface area contributed by atoms with Gasteiger partial charge in [-0.15, -0.1) is 11.8 Å². The van der Waals surface area contributed by atoms with E-state index in [0.717, 1.165) is 86.6 Å². The number of sulfonamides is 1. The maximum Gasteiger partial charge on any atom is 0.501 e. The van der Waals surface area contributed by atoms with E-state index in [9.17, 15) is 44.4 Å². The number of rotatable bonds is 22. The van der Waals surface area contributed by atoms with Gasteiger partial charge in [0.15, 0.2) is 0 Å². The number of fused-ring (bicyclic) bond motifs is 1. The summed E-state index contributed by atoms with van der Waals surface area (Å²) in [5, 5.41) is 14.2. The van der Waals surface area contributed by atoms with Gasteiger partial charge in [-0.1, -0.05) is 30.7 Å². The van der Waals surface area contributed by atoms with Crippen LogP contribution in [0.4, 0.5) is 24.5 Å². The fourth-order valence-corrected chi connectivity index (χ4v) is 9.86. The summed E-state index contributed by atoms with van der Waals surface area (Å²) in [6, 6.07) is 16.1. The van der Waals surface area contributed by atoms with E-state index in [2.05, 4.69) is 25.8 Å². The largest absolute Gasteiger partial charge is 0.501 e. The molecule has 0 saturated carbocycles. The molecule has 0 radical (unpaired) electrons. The van der Waals surface area contributed by atoms with Crippen LogP contribution in [0.2, 0.25) is 0 Å². The molecule has 1 fully saturated rings. The summed E-state index contributed by atoms with van der Waals surface area (Å²) in [7, 11) is -8.90. The first-order valence-electron chi connectivity index (χ1n) is 19.7. The van der Waals surface area contributed by atoms with Crippen molar-refractivity contribution in [2.75, 3.05) is 69.2 Å². The molecule has 3 aromatic rings. The van der Waals surface area contributed by atoms with Gasteiger partial charge >= 0.3 is 5.51 Å². The van der Waals surface area contributed by atoms with E-state index in [1.54, 1.807) is 6.07 Å². The third kappa shape index (κ3) is 12.2. The molecule has 60 heavy (non-hydrogen) atoms. The number of nitrogens with one attached hydrogen (secondary N) is 3. The standard InChI is InChI=1S/C40H52F3N7O7S3/c1-45-38(52)36(14-9-25-51)50-27-33-32(39(50)53)12-8-13-34(33)46-18-6-3-7-19-48-21-23-49(24-22-48)20-17-29(28-58-30-10-4-2-5-11-30)47-35-16-15-31(60(44,56)57)26-37(35)59(54,55)40(41,42)43/h2,4-5,8,10-13,15-16,25-26,29,36,46-47H,3,6-7,9,14,17-24,27-28H2,1H3,(H,45,52)(H2,44,56,57). The lowest BCUT2D eigenvalue weighted by Gasteiger charge is -2.35. The maximum atomic E-state index is 13.7. The zero-order valence-electron chi connectivity index (χ0n) is 33.3. The molecule has 5 rings (SSSR count). The van der Waals surface area contributed by atoms with Gasteiger partial charge in [-0.25, -0.2) is 22.0 Å². The van der Waals surface area contributed by atoms with E-state index < -0.39 is 47.2 Å². The van der Waals surface area contributed by atoms with E-state index in [-0.39, 0.29) is 36.9 Å². The van der Waals surface area contributed by atoms with E-state index in [1.807, 2.05) is 42.5 Å². The zero-order chi connectivity index (χ0) is 43.5. The number of alkyl halides is 3. The highest BCUT2D eigenvalue weighted by atomic mass is 32.2. The van der Waals surface area contributed by atoms with Crippen molar-refractivity contribution in [2.45, 2.75) is 77.3 Å². The molecule has 2 unspecified atom stereocenters. The number of carbonyl (C=O) groups excluding carboxylic acids is 3. The van der Waals surface area contributed by atoms with Crippen LogP contribution in [0.15, 0.2) is 81.4 Å². The quantitative estimate of drug-likeness (QED) is 0.0627. The van der Waals surface area contributed by atoms with Crippen molar-refractivity contribution in [3.63, 3.8) is 0 Å². The van der Waals surface area contributed by atoms with Crippen molar-refractivity contribution in [3.8, 4) is 0 Å². The molecule has 0 spiro atoms. The third-order valence-electron chi connectivity index (χ3n) is 10.6. The average molecular weight is 896 g/mol. The van der Waals surface area contributed by atoms with Gasteiger partial charge in [-0.3, -0.25) is 9.59 Å². The number of hydrogen-bond acceptors (Lipinski definition) is 12. The number of amides is 2. The van der Waals surface area contributed by atoms with Gasteiger partial charge in [0.2, 0.25) is 15.9 Å². The van der Waals surface area contributed by atoms with E-state index >= 15 is 0 Å². The van der Waals surface area contributed by atoms with Crippen LogP contribution in [0, 0.1) is 0 Å². The van der Waals surface area contributed by atoms with Crippen molar-refractivity contribution in [3.05, 3.63) is 77.9 Å².